The van der Waals surface area contributed by atoms with Crippen molar-refractivity contribution in [2.24, 2.45) is 0 Å². The lowest BCUT2D eigenvalue weighted by atomic mass is 10.0. The van der Waals surface area contributed by atoms with Crippen LogP contribution in [0.15, 0.2) is 12.2 Å². The van der Waals surface area contributed by atoms with Crippen LogP contribution >= 0.6 is 23.2 Å². The molecule has 0 saturated carbocycles. The predicted octanol–water partition coefficient (Wildman–Crippen LogP) is 10.3. The minimum Gasteiger partial charge on any atom is -0.303 e. The van der Waals surface area contributed by atoms with Crippen LogP contribution in [-0.4, -0.2) is 16.9 Å². The number of rotatable bonds is 23. The van der Waals surface area contributed by atoms with Crippen molar-refractivity contribution in [3.63, 3.8) is 0 Å². The topological polar surface area (TPSA) is 34.1 Å². The standard InChI is InChI=1S/C18H34Cl2O.C10H18O/c1-2-3-4-5-6-7-8-9-10-11-12-13-14-15-16-18(19,20)17-21;1-2-3-4-5-6-7-8-9-10-11/h17H,2-16H2,1H3;6-7,10H,2-5,8-9H2,1H3. The van der Waals surface area contributed by atoms with Gasteiger partial charge in [0.2, 0.25) is 0 Å². The van der Waals surface area contributed by atoms with Crippen LogP contribution in [0.1, 0.15) is 149 Å². The Kier molecular flexibility index (Phi) is 30.3. The molecule has 0 heterocycles. The van der Waals surface area contributed by atoms with Gasteiger partial charge in [0.1, 0.15) is 6.29 Å². The zero-order chi connectivity index (χ0) is 24.2. The number of hydrogen-bond acceptors (Lipinski definition) is 2. The minimum absolute atomic E-state index is 0.581. The van der Waals surface area contributed by atoms with Crippen molar-refractivity contribution in [1.82, 2.24) is 0 Å². The maximum absolute atomic E-state index is 10.5. The number of carbonyl (C=O) groups is 2. The maximum Gasteiger partial charge on any atom is 0.172 e. The van der Waals surface area contributed by atoms with E-state index in [9.17, 15) is 9.59 Å². The molecule has 0 aliphatic heterocycles. The quantitative estimate of drug-likeness (QED) is 0.0616. The zero-order valence-corrected chi connectivity index (χ0v) is 22.7. The average Bonchev–Trinajstić information content (AvgIpc) is 2.79. The van der Waals surface area contributed by atoms with Crippen LogP contribution in [0.25, 0.3) is 0 Å². The summed E-state index contributed by atoms with van der Waals surface area (Å²) in [5, 5.41) is 0. The molecule has 0 rings (SSSR count). The molecule has 4 heteroatoms. The second kappa shape index (κ2) is 28.7. The van der Waals surface area contributed by atoms with Gasteiger partial charge < -0.3 is 9.59 Å². The minimum atomic E-state index is -1.16. The molecule has 0 unspecified atom stereocenters. The molecule has 0 aromatic rings. The molecular formula is C28H52Cl2O2. The second-order valence-electron chi connectivity index (χ2n) is 8.94. The van der Waals surface area contributed by atoms with Crippen molar-refractivity contribution < 1.29 is 9.59 Å². The number of unbranched alkanes of at least 4 members (excludes halogenated alkanes) is 17. The Morgan fingerprint density at radius 1 is 0.531 bits per heavy atom. The number of carbonyl (C=O) groups excluding carboxylic acids is 2. The van der Waals surface area contributed by atoms with E-state index in [-0.39, 0.29) is 0 Å². The van der Waals surface area contributed by atoms with E-state index in [4.69, 9.17) is 23.2 Å². The Labute approximate surface area is 210 Å². The van der Waals surface area contributed by atoms with Gasteiger partial charge in [-0.3, -0.25) is 0 Å². The third kappa shape index (κ3) is 31.8. The summed E-state index contributed by atoms with van der Waals surface area (Å²) in [7, 11) is 0. The fraction of sp³-hybridized carbons (Fsp3) is 0.857. The Hall–Kier alpha value is -0.340. The molecule has 0 saturated heterocycles. The van der Waals surface area contributed by atoms with Gasteiger partial charge in [0.15, 0.2) is 10.6 Å². The number of allylic oxidation sites excluding steroid dienone is 2. The van der Waals surface area contributed by atoms with Crippen LogP contribution in [0.5, 0.6) is 0 Å². The van der Waals surface area contributed by atoms with Crippen molar-refractivity contribution >= 4 is 35.8 Å². The van der Waals surface area contributed by atoms with E-state index in [0.29, 0.717) is 19.1 Å². The molecule has 32 heavy (non-hydrogen) atoms. The van der Waals surface area contributed by atoms with E-state index >= 15 is 0 Å². The zero-order valence-electron chi connectivity index (χ0n) is 21.2. The molecule has 0 fully saturated rings. The van der Waals surface area contributed by atoms with Crippen molar-refractivity contribution in [2.45, 2.75) is 153 Å². The van der Waals surface area contributed by atoms with Crippen LogP contribution in [0.4, 0.5) is 0 Å². The molecule has 0 aliphatic carbocycles. The van der Waals surface area contributed by atoms with Gasteiger partial charge in [-0.25, -0.2) is 0 Å². The maximum atomic E-state index is 10.5. The summed E-state index contributed by atoms with van der Waals surface area (Å²) >= 11 is 11.5. The van der Waals surface area contributed by atoms with Gasteiger partial charge in [0.05, 0.1) is 0 Å². The molecular weight excluding hydrogens is 439 g/mol. The molecule has 0 aromatic heterocycles. The number of hydrogen-bond donors (Lipinski definition) is 0. The molecule has 0 aliphatic rings. The van der Waals surface area contributed by atoms with E-state index in [1.54, 1.807) is 0 Å². The highest BCUT2D eigenvalue weighted by atomic mass is 35.5. The third-order valence-corrected chi connectivity index (χ3v) is 6.18. The Morgan fingerprint density at radius 3 is 1.38 bits per heavy atom. The van der Waals surface area contributed by atoms with Crippen molar-refractivity contribution in [1.29, 1.82) is 0 Å². The highest BCUT2D eigenvalue weighted by molar-refractivity contribution is 6.55. The lowest BCUT2D eigenvalue weighted by molar-refractivity contribution is -0.109. The van der Waals surface area contributed by atoms with E-state index < -0.39 is 4.33 Å². The van der Waals surface area contributed by atoms with Gasteiger partial charge in [0, 0.05) is 6.42 Å². The molecule has 0 radical (unpaired) electrons. The third-order valence-electron chi connectivity index (χ3n) is 5.63. The first-order chi connectivity index (χ1) is 15.5. The van der Waals surface area contributed by atoms with E-state index in [1.165, 1.54) is 103 Å². The smallest absolute Gasteiger partial charge is 0.172 e. The van der Waals surface area contributed by atoms with Crippen LogP contribution in [0.2, 0.25) is 0 Å². The molecule has 190 valence electrons. The molecule has 0 bridgehead atoms. The number of aldehydes is 2. The monoisotopic (exact) mass is 490 g/mol. The fourth-order valence-electron chi connectivity index (χ4n) is 3.53. The highest BCUT2D eigenvalue weighted by Gasteiger charge is 2.21. The summed E-state index contributed by atoms with van der Waals surface area (Å²) in [6.45, 7) is 4.47. The van der Waals surface area contributed by atoms with Crippen LogP contribution in [0, 0.1) is 0 Å². The van der Waals surface area contributed by atoms with Gasteiger partial charge in [-0.15, -0.1) is 0 Å². The van der Waals surface area contributed by atoms with E-state index in [1.807, 2.05) is 0 Å². The number of alkyl halides is 2. The first-order valence-electron chi connectivity index (χ1n) is 13.5. The van der Waals surface area contributed by atoms with Crippen LogP contribution in [0.3, 0.4) is 0 Å². The lowest BCUT2D eigenvalue weighted by Gasteiger charge is -2.10. The summed E-state index contributed by atoms with van der Waals surface area (Å²) in [6, 6.07) is 0. The normalized spacial score (nSPS) is 11.4. The summed E-state index contributed by atoms with van der Waals surface area (Å²) in [6.07, 6.45) is 31.7. The van der Waals surface area contributed by atoms with Gasteiger partial charge in [0.25, 0.3) is 0 Å². The molecule has 0 spiro atoms. The number of halogens is 2. The van der Waals surface area contributed by atoms with E-state index in [2.05, 4.69) is 26.0 Å². The SMILES string of the molecule is CCCCCC=CCCC=O.CCCCCCCCCCCCCCCCC(Cl)(Cl)C=O. The van der Waals surface area contributed by atoms with Crippen molar-refractivity contribution in [3.05, 3.63) is 12.2 Å². The van der Waals surface area contributed by atoms with Crippen molar-refractivity contribution in [3.8, 4) is 0 Å². The highest BCUT2D eigenvalue weighted by Crippen LogP contribution is 2.25. The second-order valence-corrected chi connectivity index (χ2v) is 10.5. The Balaban J connectivity index is 0. The lowest BCUT2D eigenvalue weighted by Crippen LogP contribution is -2.13. The Morgan fingerprint density at radius 2 is 0.938 bits per heavy atom. The van der Waals surface area contributed by atoms with Crippen molar-refractivity contribution in [2.75, 3.05) is 0 Å². The average molecular weight is 492 g/mol. The van der Waals surface area contributed by atoms with Crippen LogP contribution < -0.4 is 0 Å². The molecule has 0 N–H and O–H groups in total. The molecule has 2 nitrogen and oxygen atoms in total. The van der Waals surface area contributed by atoms with Gasteiger partial charge in [-0.1, -0.05) is 152 Å². The van der Waals surface area contributed by atoms with Gasteiger partial charge >= 0.3 is 0 Å². The van der Waals surface area contributed by atoms with Crippen LogP contribution in [-0.2, 0) is 9.59 Å². The summed E-state index contributed by atoms with van der Waals surface area (Å²) in [5.41, 5.74) is 0. The molecule has 0 aromatic carbocycles. The largest absolute Gasteiger partial charge is 0.303 e. The first-order valence-corrected chi connectivity index (χ1v) is 14.2. The summed E-state index contributed by atoms with van der Waals surface area (Å²) in [4.78, 5) is 20.4. The summed E-state index contributed by atoms with van der Waals surface area (Å²) in [5.74, 6) is 0. The molecule has 0 atom stereocenters. The predicted molar refractivity (Wildman–Crippen MR) is 144 cm³/mol. The van der Waals surface area contributed by atoms with Gasteiger partial charge in [-0.05, 0) is 25.7 Å². The van der Waals surface area contributed by atoms with Gasteiger partial charge in [-0.2, -0.15) is 0 Å². The Bertz CT molecular complexity index is 408. The fourth-order valence-corrected chi connectivity index (χ4v) is 3.79. The van der Waals surface area contributed by atoms with E-state index in [0.717, 1.165) is 25.5 Å². The summed E-state index contributed by atoms with van der Waals surface area (Å²) < 4.78 is -1.16. The first kappa shape index (κ1) is 33.8. The molecule has 0 amide bonds.